The first-order valence-corrected chi connectivity index (χ1v) is 9.22. The molecule has 1 aromatic carbocycles. The van der Waals surface area contributed by atoms with Crippen molar-refractivity contribution in [3.63, 3.8) is 0 Å². The fourth-order valence-electron chi connectivity index (χ4n) is 2.59. The Morgan fingerprint density at radius 2 is 1.87 bits per heavy atom. The minimum absolute atomic E-state index is 0.0313. The molecule has 6 nitrogen and oxygen atoms in total. The lowest BCUT2D eigenvalue weighted by Crippen LogP contribution is -2.46. The highest BCUT2D eigenvalue weighted by atomic mass is 32.2. The molecule has 1 saturated heterocycles. The Morgan fingerprint density at radius 1 is 1.26 bits per heavy atom. The molecule has 7 heteroatoms. The van der Waals surface area contributed by atoms with E-state index in [2.05, 4.69) is 5.32 Å². The first-order chi connectivity index (χ1) is 10.9. The first-order valence-electron chi connectivity index (χ1n) is 7.78. The summed E-state index contributed by atoms with van der Waals surface area (Å²) in [7, 11) is -1.89. The summed E-state index contributed by atoms with van der Waals surface area (Å²) in [6.45, 7) is 3.16. The number of hydrogen-bond acceptors (Lipinski definition) is 4. The molecule has 128 valence electrons. The number of carbonyl (C=O) groups excluding carboxylic acids is 1. The van der Waals surface area contributed by atoms with Crippen molar-refractivity contribution >= 4 is 15.9 Å². The lowest BCUT2D eigenvalue weighted by molar-refractivity contribution is -0.122. The maximum Gasteiger partial charge on any atom is 0.243 e. The fraction of sp³-hybridized carbons (Fsp3) is 0.562. The van der Waals surface area contributed by atoms with Crippen LogP contribution in [0.3, 0.4) is 0 Å². The number of methoxy groups -OCH3 is 1. The van der Waals surface area contributed by atoms with Crippen LogP contribution < -0.4 is 5.32 Å². The summed E-state index contributed by atoms with van der Waals surface area (Å²) in [6.07, 6.45) is 1.59. The van der Waals surface area contributed by atoms with Crippen molar-refractivity contribution in [2.75, 3.05) is 26.8 Å². The van der Waals surface area contributed by atoms with Crippen LogP contribution in [0, 0.1) is 6.92 Å². The third kappa shape index (κ3) is 4.76. The number of sulfonamides is 1. The zero-order valence-electron chi connectivity index (χ0n) is 13.6. The van der Waals surface area contributed by atoms with Crippen molar-refractivity contribution in [1.29, 1.82) is 0 Å². The SMILES string of the molecule is COCCC(=O)NC1CCN(S(=O)(=O)c2ccc(C)cc2)CC1. The Hall–Kier alpha value is -1.44. The van der Waals surface area contributed by atoms with Crippen molar-refractivity contribution in [1.82, 2.24) is 9.62 Å². The molecular weight excluding hydrogens is 316 g/mol. The number of ether oxygens (including phenoxy) is 1. The molecule has 1 aliphatic heterocycles. The van der Waals surface area contributed by atoms with Gasteiger partial charge in [-0.05, 0) is 31.9 Å². The van der Waals surface area contributed by atoms with Crippen molar-refractivity contribution in [3.05, 3.63) is 29.8 Å². The van der Waals surface area contributed by atoms with Crippen LogP contribution in [-0.4, -0.2) is 51.5 Å². The van der Waals surface area contributed by atoms with Crippen molar-refractivity contribution < 1.29 is 17.9 Å². The first kappa shape index (κ1) is 17.9. The van der Waals surface area contributed by atoms with Gasteiger partial charge >= 0.3 is 0 Å². The molecule has 0 unspecified atom stereocenters. The molecule has 1 aromatic rings. The summed E-state index contributed by atoms with van der Waals surface area (Å²) in [6, 6.07) is 6.92. The van der Waals surface area contributed by atoms with Crippen LogP contribution in [0.2, 0.25) is 0 Å². The molecule has 0 saturated carbocycles. The van der Waals surface area contributed by atoms with Gasteiger partial charge in [0.05, 0.1) is 11.5 Å². The van der Waals surface area contributed by atoms with E-state index in [1.54, 1.807) is 31.4 Å². The van der Waals surface area contributed by atoms with Gasteiger partial charge in [0.2, 0.25) is 15.9 Å². The van der Waals surface area contributed by atoms with Gasteiger partial charge in [0, 0.05) is 32.7 Å². The molecule has 1 fully saturated rings. The zero-order valence-corrected chi connectivity index (χ0v) is 14.4. The second-order valence-electron chi connectivity index (χ2n) is 5.80. The normalized spacial score (nSPS) is 17.1. The van der Waals surface area contributed by atoms with E-state index in [-0.39, 0.29) is 11.9 Å². The predicted molar refractivity (Wildman–Crippen MR) is 87.6 cm³/mol. The summed E-state index contributed by atoms with van der Waals surface area (Å²) < 4.78 is 31.5. The van der Waals surface area contributed by atoms with Crippen LogP contribution in [0.4, 0.5) is 0 Å². The maximum atomic E-state index is 12.6. The van der Waals surface area contributed by atoms with Gasteiger partial charge in [0.25, 0.3) is 0 Å². The van der Waals surface area contributed by atoms with Crippen LogP contribution in [0.1, 0.15) is 24.8 Å². The average molecular weight is 340 g/mol. The van der Waals surface area contributed by atoms with E-state index < -0.39 is 10.0 Å². The highest BCUT2D eigenvalue weighted by Crippen LogP contribution is 2.21. The lowest BCUT2D eigenvalue weighted by atomic mass is 10.1. The quantitative estimate of drug-likeness (QED) is 0.847. The highest BCUT2D eigenvalue weighted by Gasteiger charge is 2.29. The topological polar surface area (TPSA) is 75.7 Å². The van der Waals surface area contributed by atoms with Crippen molar-refractivity contribution in [2.45, 2.75) is 37.1 Å². The third-order valence-corrected chi connectivity index (χ3v) is 5.92. The monoisotopic (exact) mass is 340 g/mol. The van der Waals surface area contributed by atoms with Gasteiger partial charge in [0.1, 0.15) is 0 Å². The molecule has 0 radical (unpaired) electrons. The molecule has 0 spiro atoms. The molecule has 1 amide bonds. The molecule has 0 atom stereocenters. The molecule has 1 heterocycles. The summed E-state index contributed by atoms with van der Waals surface area (Å²) >= 11 is 0. The molecule has 0 aromatic heterocycles. The van der Waals surface area contributed by atoms with E-state index in [0.29, 0.717) is 43.9 Å². The Balaban J connectivity index is 1.91. The van der Waals surface area contributed by atoms with Gasteiger partial charge in [-0.1, -0.05) is 17.7 Å². The maximum absolute atomic E-state index is 12.6. The van der Waals surface area contributed by atoms with Crippen molar-refractivity contribution in [2.24, 2.45) is 0 Å². The van der Waals surface area contributed by atoms with Gasteiger partial charge < -0.3 is 10.1 Å². The number of rotatable bonds is 6. The summed E-state index contributed by atoms with van der Waals surface area (Å²) in [5, 5.41) is 2.93. The number of carbonyl (C=O) groups is 1. The number of benzene rings is 1. The van der Waals surface area contributed by atoms with E-state index in [1.165, 1.54) is 4.31 Å². The summed E-state index contributed by atoms with van der Waals surface area (Å²) in [5.41, 5.74) is 1.03. The van der Waals surface area contributed by atoms with Crippen LogP contribution in [0.25, 0.3) is 0 Å². The molecule has 1 N–H and O–H groups in total. The van der Waals surface area contributed by atoms with Gasteiger partial charge in [0.15, 0.2) is 0 Å². The molecule has 23 heavy (non-hydrogen) atoms. The Morgan fingerprint density at radius 3 is 2.43 bits per heavy atom. The van der Waals surface area contributed by atoms with Gasteiger partial charge in [-0.25, -0.2) is 8.42 Å². The summed E-state index contributed by atoms with van der Waals surface area (Å²) in [5.74, 6) is -0.0494. The number of piperidine rings is 1. The standard InChI is InChI=1S/C16H24N2O4S/c1-13-3-5-15(6-4-13)23(20,21)18-10-7-14(8-11-18)17-16(19)9-12-22-2/h3-6,14H,7-12H2,1-2H3,(H,17,19). The average Bonchev–Trinajstić information content (AvgIpc) is 2.54. The van der Waals surface area contributed by atoms with E-state index in [1.807, 2.05) is 6.92 Å². The van der Waals surface area contributed by atoms with Crippen LogP contribution in [0.5, 0.6) is 0 Å². The zero-order chi connectivity index (χ0) is 16.9. The molecule has 1 aliphatic rings. The predicted octanol–water partition coefficient (Wildman–Crippen LogP) is 1.30. The second kappa shape index (κ2) is 7.90. The van der Waals surface area contributed by atoms with E-state index >= 15 is 0 Å². The Labute approximate surface area is 137 Å². The number of nitrogens with one attached hydrogen (secondary N) is 1. The Kier molecular flexibility index (Phi) is 6.15. The number of aryl methyl sites for hydroxylation is 1. The lowest BCUT2D eigenvalue weighted by Gasteiger charge is -2.31. The highest BCUT2D eigenvalue weighted by molar-refractivity contribution is 7.89. The van der Waals surface area contributed by atoms with Crippen LogP contribution >= 0.6 is 0 Å². The van der Waals surface area contributed by atoms with Gasteiger partial charge in [-0.3, -0.25) is 4.79 Å². The fourth-order valence-corrected chi connectivity index (χ4v) is 4.06. The smallest absolute Gasteiger partial charge is 0.243 e. The molecule has 0 aliphatic carbocycles. The van der Waals surface area contributed by atoms with Crippen LogP contribution in [0.15, 0.2) is 29.2 Å². The van der Waals surface area contributed by atoms with E-state index in [4.69, 9.17) is 4.74 Å². The van der Waals surface area contributed by atoms with Crippen molar-refractivity contribution in [3.8, 4) is 0 Å². The number of hydrogen-bond donors (Lipinski definition) is 1. The Bertz CT molecular complexity index is 620. The third-order valence-electron chi connectivity index (χ3n) is 4.01. The second-order valence-corrected chi connectivity index (χ2v) is 7.74. The number of nitrogens with zero attached hydrogens (tertiary/aromatic N) is 1. The van der Waals surface area contributed by atoms with E-state index in [9.17, 15) is 13.2 Å². The largest absolute Gasteiger partial charge is 0.384 e. The minimum atomic E-state index is -3.44. The molecule has 2 rings (SSSR count). The van der Waals surface area contributed by atoms with Gasteiger partial charge in [-0.2, -0.15) is 4.31 Å². The molecular formula is C16H24N2O4S. The molecule has 0 bridgehead atoms. The van der Waals surface area contributed by atoms with E-state index in [0.717, 1.165) is 5.56 Å². The number of amides is 1. The summed E-state index contributed by atoms with van der Waals surface area (Å²) in [4.78, 5) is 12.0. The van der Waals surface area contributed by atoms with Crippen LogP contribution in [-0.2, 0) is 19.6 Å². The van der Waals surface area contributed by atoms with Gasteiger partial charge in [-0.15, -0.1) is 0 Å². The minimum Gasteiger partial charge on any atom is -0.384 e.